The maximum Gasteiger partial charge on any atom is 0.262 e. The predicted molar refractivity (Wildman–Crippen MR) is 89.1 cm³/mol. The molecule has 0 fully saturated rings. The van der Waals surface area contributed by atoms with Crippen LogP contribution in [0, 0.1) is 11.3 Å². The topological polar surface area (TPSA) is 62.1 Å². The summed E-state index contributed by atoms with van der Waals surface area (Å²) in [5.41, 5.74) is -0.500. The number of carbonyl (C=O) groups excluding carboxylic acids is 1. The fraction of sp³-hybridized carbons (Fsp3) is 0.222. The number of nitriles is 1. The van der Waals surface area contributed by atoms with Gasteiger partial charge in [-0.05, 0) is 43.7 Å². The van der Waals surface area contributed by atoms with Crippen molar-refractivity contribution >= 4 is 17.5 Å². The van der Waals surface area contributed by atoms with Gasteiger partial charge in [0.25, 0.3) is 5.91 Å². The van der Waals surface area contributed by atoms with Crippen LogP contribution in [0.2, 0.25) is 5.02 Å². The Balaban J connectivity index is 2.10. The van der Waals surface area contributed by atoms with E-state index in [-0.39, 0.29) is 5.91 Å². The first-order chi connectivity index (χ1) is 10.9. The monoisotopic (exact) mass is 328 g/mol. The van der Waals surface area contributed by atoms with Crippen LogP contribution in [-0.4, -0.2) is 12.0 Å². The van der Waals surface area contributed by atoms with E-state index >= 15 is 0 Å². The summed E-state index contributed by atoms with van der Waals surface area (Å²) in [6.45, 7) is 3.28. The average molecular weight is 329 g/mol. The Bertz CT molecular complexity index is 710. The molecule has 2 aromatic rings. The van der Waals surface area contributed by atoms with Crippen molar-refractivity contribution in [3.05, 3.63) is 65.2 Å². The minimum absolute atomic E-state index is 0.368. The van der Waals surface area contributed by atoms with Crippen LogP contribution in [-0.2, 0) is 10.3 Å². The summed E-state index contributed by atoms with van der Waals surface area (Å²) >= 11 is 5.86. The van der Waals surface area contributed by atoms with E-state index in [1.165, 1.54) is 0 Å². The Kier molecular flexibility index (Phi) is 5.25. The Morgan fingerprint density at radius 2 is 1.83 bits per heavy atom. The summed E-state index contributed by atoms with van der Waals surface area (Å²) in [6.07, 6.45) is -0.725. The van der Waals surface area contributed by atoms with E-state index < -0.39 is 11.6 Å². The third kappa shape index (κ3) is 4.24. The fourth-order valence-electron chi connectivity index (χ4n) is 2.05. The van der Waals surface area contributed by atoms with E-state index in [0.717, 1.165) is 0 Å². The van der Waals surface area contributed by atoms with Gasteiger partial charge in [-0.3, -0.25) is 4.79 Å². The Labute approximate surface area is 140 Å². The minimum Gasteiger partial charge on any atom is -0.481 e. The predicted octanol–water partition coefficient (Wildman–Crippen LogP) is 3.66. The van der Waals surface area contributed by atoms with Gasteiger partial charge in [0.2, 0.25) is 0 Å². The first-order valence-corrected chi connectivity index (χ1v) is 7.53. The Morgan fingerprint density at radius 1 is 1.22 bits per heavy atom. The number of halogens is 1. The lowest BCUT2D eigenvalue weighted by Gasteiger charge is -2.26. The lowest BCUT2D eigenvalue weighted by Crippen LogP contribution is -2.47. The SMILES string of the molecule is CC(Oc1ccccc1)C(=O)NC(C)(C#N)c1ccc(Cl)cc1. The number of amides is 1. The summed E-state index contributed by atoms with van der Waals surface area (Å²) in [5, 5.41) is 12.8. The zero-order valence-electron chi connectivity index (χ0n) is 12.9. The molecular formula is C18H17ClN2O2. The first-order valence-electron chi connectivity index (χ1n) is 7.15. The Morgan fingerprint density at radius 3 is 2.39 bits per heavy atom. The highest BCUT2D eigenvalue weighted by Crippen LogP contribution is 2.22. The van der Waals surface area contributed by atoms with Gasteiger partial charge < -0.3 is 10.1 Å². The normalized spacial score (nSPS) is 14.2. The summed E-state index contributed by atoms with van der Waals surface area (Å²) in [4.78, 5) is 12.3. The van der Waals surface area contributed by atoms with Gasteiger partial charge in [-0.2, -0.15) is 5.26 Å². The van der Waals surface area contributed by atoms with E-state index in [4.69, 9.17) is 16.3 Å². The van der Waals surface area contributed by atoms with Gasteiger partial charge >= 0.3 is 0 Å². The number of carbonyl (C=O) groups is 1. The number of nitrogens with zero attached hydrogens (tertiary/aromatic N) is 1. The van der Waals surface area contributed by atoms with Crippen LogP contribution in [0.5, 0.6) is 5.75 Å². The van der Waals surface area contributed by atoms with Crippen molar-refractivity contribution in [1.29, 1.82) is 5.26 Å². The van der Waals surface area contributed by atoms with Gasteiger partial charge in [0.15, 0.2) is 6.10 Å². The molecule has 0 bridgehead atoms. The number of benzene rings is 2. The highest BCUT2D eigenvalue weighted by molar-refractivity contribution is 6.30. The molecule has 0 saturated heterocycles. The van der Waals surface area contributed by atoms with Crippen LogP contribution >= 0.6 is 11.6 Å². The molecule has 0 radical (unpaired) electrons. The lowest BCUT2D eigenvalue weighted by molar-refractivity contribution is -0.128. The summed E-state index contributed by atoms with van der Waals surface area (Å²) in [7, 11) is 0. The second-order valence-corrected chi connectivity index (χ2v) is 5.74. The molecule has 0 aromatic heterocycles. The third-order valence-corrected chi connectivity index (χ3v) is 3.70. The zero-order valence-corrected chi connectivity index (χ0v) is 13.7. The summed E-state index contributed by atoms with van der Waals surface area (Å²) in [6, 6.07) is 18.0. The van der Waals surface area contributed by atoms with Crippen molar-refractivity contribution in [2.24, 2.45) is 0 Å². The highest BCUT2D eigenvalue weighted by atomic mass is 35.5. The zero-order chi connectivity index (χ0) is 16.9. The lowest BCUT2D eigenvalue weighted by atomic mass is 9.93. The van der Waals surface area contributed by atoms with Crippen LogP contribution in [0.3, 0.4) is 0 Å². The van der Waals surface area contributed by atoms with Crippen LogP contribution in [0.15, 0.2) is 54.6 Å². The molecule has 2 unspecified atom stereocenters. The molecule has 1 N–H and O–H groups in total. The van der Waals surface area contributed by atoms with E-state index in [1.807, 2.05) is 18.2 Å². The maximum atomic E-state index is 12.3. The molecule has 1 amide bonds. The van der Waals surface area contributed by atoms with Crippen molar-refractivity contribution in [3.63, 3.8) is 0 Å². The molecule has 2 rings (SSSR count). The highest BCUT2D eigenvalue weighted by Gasteiger charge is 2.30. The number of ether oxygens (including phenoxy) is 1. The quantitative estimate of drug-likeness (QED) is 0.911. The van der Waals surface area contributed by atoms with Gasteiger partial charge in [0.1, 0.15) is 11.3 Å². The van der Waals surface area contributed by atoms with Crippen molar-refractivity contribution in [1.82, 2.24) is 5.32 Å². The minimum atomic E-state index is -1.16. The number of rotatable bonds is 5. The van der Waals surface area contributed by atoms with E-state index in [2.05, 4.69) is 11.4 Å². The number of para-hydroxylation sites is 1. The molecule has 5 heteroatoms. The van der Waals surface area contributed by atoms with E-state index in [1.54, 1.807) is 50.2 Å². The van der Waals surface area contributed by atoms with Crippen LogP contribution in [0.25, 0.3) is 0 Å². The summed E-state index contributed by atoms with van der Waals surface area (Å²) in [5.74, 6) is 0.230. The van der Waals surface area contributed by atoms with E-state index in [9.17, 15) is 10.1 Å². The second kappa shape index (κ2) is 7.17. The molecule has 0 aliphatic rings. The van der Waals surface area contributed by atoms with Crippen molar-refractivity contribution in [2.45, 2.75) is 25.5 Å². The number of hydrogen-bond acceptors (Lipinski definition) is 3. The molecule has 23 heavy (non-hydrogen) atoms. The third-order valence-electron chi connectivity index (χ3n) is 3.44. The molecule has 0 spiro atoms. The van der Waals surface area contributed by atoms with Crippen molar-refractivity contribution in [2.75, 3.05) is 0 Å². The number of nitrogens with one attached hydrogen (secondary N) is 1. The van der Waals surface area contributed by atoms with E-state index in [0.29, 0.717) is 16.3 Å². The molecule has 0 heterocycles. The largest absolute Gasteiger partial charge is 0.481 e. The smallest absolute Gasteiger partial charge is 0.262 e. The fourth-order valence-corrected chi connectivity index (χ4v) is 2.18. The molecular weight excluding hydrogens is 312 g/mol. The molecule has 118 valence electrons. The standard InChI is InChI=1S/C18H17ClN2O2/c1-13(23-16-6-4-3-5-7-16)17(22)21-18(2,12-20)14-8-10-15(19)11-9-14/h3-11,13H,1-2H3,(H,21,22). The van der Waals surface area contributed by atoms with Crippen molar-refractivity contribution in [3.8, 4) is 11.8 Å². The van der Waals surface area contributed by atoms with Crippen LogP contribution in [0.4, 0.5) is 0 Å². The van der Waals surface area contributed by atoms with Gasteiger partial charge in [0.05, 0.1) is 6.07 Å². The average Bonchev–Trinajstić information content (AvgIpc) is 2.56. The van der Waals surface area contributed by atoms with Gasteiger partial charge in [0, 0.05) is 5.02 Å². The second-order valence-electron chi connectivity index (χ2n) is 5.31. The Hall–Kier alpha value is -2.51. The summed E-state index contributed by atoms with van der Waals surface area (Å²) < 4.78 is 5.58. The molecule has 0 saturated carbocycles. The molecule has 0 aliphatic heterocycles. The maximum absolute atomic E-state index is 12.3. The molecule has 2 aromatic carbocycles. The number of hydrogen-bond donors (Lipinski definition) is 1. The first kappa shape index (κ1) is 16.9. The van der Waals surface area contributed by atoms with Gasteiger partial charge in [-0.25, -0.2) is 0 Å². The van der Waals surface area contributed by atoms with Crippen LogP contribution in [0.1, 0.15) is 19.4 Å². The van der Waals surface area contributed by atoms with Crippen molar-refractivity contribution < 1.29 is 9.53 Å². The van der Waals surface area contributed by atoms with Gasteiger partial charge in [-0.15, -0.1) is 0 Å². The molecule has 2 atom stereocenters. The van der Waals surface area contributed by atoms with Gasteiger partial charge in [-0.1, -0.05) is 41.9 Å². The van der Waals surface area contributed by atoms with Crippen LogP contribution < -0.4 is 10.1 Å². The molecule has 0 aliphatic carbocycles. The molecule has 4 nitrogen and oxygen atoms in total.